The van der Waals surface area contributed by atoms with Crippen molar-refractivity contribution in [1.29, 1.82) is 15.8 Å². The highest BCUT2D eigenvalue weighted by molar-refractivity contribution is 5.86. The van der Waals surface area contributed by atoms with Crippen molar-refractivity contribution in [2.45, 2.75) is 55.5 Å². The van der Waals surface area contributed by atoms with Crippen LogP contribution in [0.2, 0.25) is 0 Å². The molecule has 1 heterocycles. The van der Waals surface area contributed by atoms with Crippen molar-refractivity contribution in [2.24, 2.45) is 5.73 Å². The van der Waals surface area contributed by atoms with Gasteiger partial charge in [0.2, 0.25) is 5.91 Å². The quantitative estimate of drug-likeness (QED) is 0.543. The number of likely N-dealkylation sites (N-methyl/N-ethyl adjacent to an activating group) is 1. The number of amides is 1. The van der Waals surface area contributed by atoms with Crippen molar-refractivity contribution < 1.29 is 4.79 Å². The van der Waals surface area contributed by atoms with Gasteiger partial charge in [-0.25, -0.2) is 0 Å². The molecule has 1 amide bonds. The molecule has 0 radical (unpaired) electrons. The molecule has 1 unspecified atom stereocenters. The van der Waals surface area contributed by atoms with E-state index in [1.54, 1.807) is 0 Å². The lowest BCUT2D eigenvalue weighted by Gasteiger charge is -2.35. The lowest BCUT2D eigenvalue weighted by molar-refractivity contribution is -0.127. The van der Waals surface area contributed by atoms with Gasteiger partial charge in [-0.2, -0.15) is 15.8 Å². The fourth-order valence-corrected chi connectivity index (χ4v) is 5.51. The van der Waals surface area contributed by atoms with Crippen LogP contribution in [0.25, 0.3) is 11.1 Å². The second kappa shape index (κ2) is 12.4. The summed E-state index contributed by atoms with van der Waals surface area (Å²) in [6.07, 6.45) is 4.68. The average Bonchev–Trinajstić information content (AvgIpc) is 2.97. The number of carbonyl (C=O) groups excluding carboxylic acids is 1. The van der Waals surface area contributed by atoms with Gasteiger partial charge in [-0.15, -0.1) is 0 Å². The van der Waals surface area contributed by atoms with E-state index in [2.05, 4.69) is 40.4 Å². The molecule has 8 nitrogen and oxygen atoms in total. The molecule has 0 spiro atoms. The number of piperazine rings is 1. The molecule has 3 N–H and O–H groups in total. The maximum Gasteiger partial charge on any atom is 0.241 e. The minimum atomic E-state index is -1.21. The molecule has 202 valence electrons. The summed E-state index contributed by atoms with van der Waals surface area (Å²) in [5.41, 5.74) is 7.85. The number of nitrogens with two attached hydrogens (primary N) is 1. The van der Waals surface area contributed by atoms with Gasteiger partial charge >= 0.3 is 0 Å². The van der Waals surface area contributed by atoms with E-state index in [1.807, 2.05) is 48.5 Å². The number of nitrogens with one attached hydrogen (secondary N) is 1. The molecular formula is C31H37N7O. The Kier molecular flexibility index (Phi) is 9.00. The minimum absolute atomic E-state index is 0.233. The summed E-state index contributed by atoms with van der Waals surface area (Å²) in [6.45, 7) is 3.93. The van der Waals surface area contributed by atoms with Crippen molar-refractivity contribution in [3.8, 4) is 29.3 Å². The monoisotopic (exact) mass is 523 g/mol. The number of hydrogen-bond acceptors (Lipinski definition) is 7. The molecule has 1 aliphatic carbocycles. The zero-order valence-corrected chi connectivity index (χ0v) is 22.7. The van der Waals surface area contributed by atoms with Gasteiger partial charge in [0.1, 0.15) is 6.04 Å². The Morgan fingerprint density at radius 1 is 0.949 bits per heavy atom. The van der Waals surface area contributed by atoms with Crippen molar-refractivity contribution in [3.63, 3.8) is 0 Å². The van der Waals surface area contributed by atoms with E-state index in [-0.39, 0.29) is 5.91 Å². The summed E-state index contributed by atoms with van der Waals surface area (Å²) < 4.78 is 0. The summed E-state index contributed by atoms with van der Waals surface area (Å²) in [7, 11) is 2.08. The van der Waals surface area contributed by atoms with E-state index < -0.39 is 17.0 Å². The molecule has 8 heteroatoms. The fourth-order valence-electron chi connectivity index (χ4n) is 5.51. The SMILES string of the molecule is CN1CCN(CC(C#N)(C#N)c2ccc(-c3ccc(CC(C#N)NC(=O)C4(N)CCCCC4)cc3)cc2)CC1. The first-order valence-electron chi connectivity index (χ1n) is 13.7. The number of rotatable bonds is 8. The normalized spacial score (nSPS) is 18.7. The van der Waals surface area contributed by atoms with Crippen LogP contribution >= 0.6 is 0 Å². The lowest BCUT2D eigenvalue weighted by Crippen LogP contribution is -2.57. The Morgan fingerprint density at radius 2 is 1.51 bits per heavy atom. The first-order chi connectivity index (χ1) is 18.8. The Morgan fingerprint density at radius 3 is 2.05 bits per heavy atom. The van der Waals surface area contributed by atoms with Crippen LogP contribution in [0.5, 0.6) is 0 Å². The average molecular weight is 524 g/mol. The summed E-state index contributed by atoms with van der Waals surface area (Å²) in [4.78, 5) is 17.2. The smallest absolute Gasteiger partial charge is 0.241 e. The zero-order chi connectivity index (χ0) is 27.9. The molecule has 2 aliphatic rings. The third kappa shape index (κ3) is 6.64. The second-order valence-corrected chi connectivity index (χ2v) is 11.1. The van der Waals surface area contributed by atoms with Gasteiger partial charge < -0.3 is 16.0 Å². The van der Waals surface area contributed by atoms with Crippen molar-refractivity contribution >= 4 is 5.91 Å². The number of nitriles is 3. The van der Waals surface area contributed by atoms with Gasteiger partial charge in [0.05, 0.1) is 23.7 Å². The highest BCUT2D eigenvalue weighted by Crippen LogP contribution is 2.29. The Hall–Kier alpha value is -3.74. The number of benzene rings is 2. The summed E-state index contributed by atoms with van der Waals surface area (Å²) >= 11 is 0. The van der Waals surface area contributed by atoms with Crippen LogP contribution in [0.15, 0.2) is 48.5 Å². The molecule has 0 aromatic heterocycles. The maximum atomic E-state index is 12.8. The van der Waals surface area contributed by atoms with Gasteiger partial charge in [-0.1, -0.05) is 67.8 Å². The predicted octanol–water partition coefficient (Wildman–Crippen LogP) is 3.10. The Labute approximate surface area is 231 Å². The third-order valence-corrected chi connectivity index (χ3v) is 8.20. The van der Waals surface area contributed by atoms with E-state index in [4.69, 9.17) is 5.73 Å². The molecule has 39 heavy (non-hydrogen) atoms. The van der Waals surface area contributed by atoms with Crippen LogP contribution in [0.1, 0.15) is 43.2 Å². The molecule has 1 saturated heterocycles. The number of nitrogens with zero attached hydrogens (tertiary/aromatic N) is 5. The largest absolute Gasteiger partial charge is 0.338 e. The van der Waals surface area contributed by atoms with E-state index in [0.29, 0.717) is 31.4 Å². The van der Waals surface area contributed by atoms with Gasteiger partial charge in [-0.3, -0.25) is 9.69 Å². The van der Waals surface area contributed by atoms with Crippen molar-refractivity contribution in [1.82, 2.24) is 15.1 Å². The molecule has 1 aliphatic heterocycles. The van der Waals surface area contributed by atoms with Crippen LogP contribution < -0.4 is 11.1 Å². The van der Waals surface area contributed by atoms with Gasteiger partial charge in [-0.05, 0) is 42.1 Å². The van der Waals surface area contributed by atoms with Crippen LogP contribution in [-0.2, 0) is 16.6 Å². The molecule has 2 aromatic rings. The zero-order valence-electron chi connectivity index (χ0n) is 22.7. The van der Waals surface area contributed by atoms with E-state index in [0.717, 1.165) is 62.1 Å². The summed E-state index contributed by atoms with van der Waals surface area (Å²) in [6, 6.07) is 21.7. The van der Waals surface area contributed by atoms with Crippen LogP contribution in [0, 0.1) is 34.0 Å². The Balaban J connectivity index is 1.40. The Bertz CT molecular complexity index is 1240. The summed E-state index contributed by atoms with van der Waals surface area (Å²) in [5, 5.41) is 32.5. The molecule has 1 atom stereocenters. The van der Waals surface area contributed by atoms with E-state index in [9.17, 15) is 20.6 Å². The third-order valence-electron chi connectivity index (χ3n) is 8.20. The predicted molar refractivity (Wildman–Crippen MR) is 150 cm³/mol. The number of hydrogen-bond donors (Lipinski definition) is 2. The molecule has 0 bridgehead atoms. The molecule has 1 saturated carbocycles. The standard InChI is InChI=1S/C31H37N7O/c1-37-15-17-38(18-16-37)23-30(21-33,22-34)27-11-9-26(10-12-27)25-7-5-24(6-8-25)19-28(20-32)36-29(39)31(35)13-3-2-4-14-31/h5-12,28H,2-4,13-19,23,35H2,1H3,(H,36,39). The molecular weight excluding hydrogens is 486 g/mol. The van der Waals surface area contributed by atoms with E-state index >= 15 is 0 Å². The van der Waals surface area contributed by atoms with Crippen molar-refractivity contribution in [2.75, 3.05) is 39.8 Å². The van der Waals surface area contributed by atoms with Gasteiger partial charge in [0.15, 0.2) is 5.41 Å². The van der Waals surface area contributed by atoms with Crippen LogP contribution in [0.4, 0.5) is 0 Å². The fraction of sp³-hybridized carbons (Fsp3) is 0.484. The highest BCUT2D eigenvalue weighted by Gasteiger charge is 2.37. The van der Waals surface area contributed by atoms with Crippen molar-refractivity contribution in [3.05, 3.63) is 59.7 Å². The number of carbonyl (C=O) groups is 1. The minimum Gasteiger partial charge on any atom is -0.338 e. The van der Waals surface area contributed by atoms with Gasteiger partial charge in [0.25, 0.3) is 0 Å². The molecule has 2 fully saturated rings. The molecule has 4 rings (SSSR count). The van der Waals surface area contributed by atoms with Gasteiger partial charge in [0, 0.05) is 39.1 Å². The molecule has 2 aromatic carbocycles. The highest BCUT2D eigenvalue weighted by atomic mass is 16.2. The van der Waals surface area contributed by atoms with E-state index in [1.165, 1.54) is 0 Å². The second-order valence-electron chi connectivity index (χ2n) is 11.1. The lowest BCUT2D eigenvalue weighted by atomic mass is 9.81. The first-order valence-corrected chi connectivity index (χ1v) is 13.7. The summed E-state index contributed by atoms with van der Waals surface area (Å²) in [5.74, 6) is -0.233. The first kappa shape index (κ1) is 28.3. The van der Waals surface area contributed by atoms with Crippen LogP contribution in [0.3, 0.4) is 0 Å². The maximum absolute atomic E-state index is 12.8. The van der Waals surface area contributed by atoms with Crippen LogP contribution in [-0.4, -0.2) is 67.1 Å². The topological polar surface area (TPSA) is 133 Å².